The lowest BCUT2D eigenvalue weighted by molar-refractivity contribution is 1.10. The number of fused-ring (bicyclic) bond motifs is 1. The van der Waals surface area contributed by atoms with Crippen LogP contribution in [0.4, 0.5) is 0 Å². The van der Waals surface area contributed by atoms with E-state index in [9.17, 15) is 0 Å². The van der Waals surface area contributed by atoms with Crippen LogP contribution in [-0.2, 0) is 0 Å². The highest BCUT2D eigenvalue weighted by Crippen LogP contribution is 2.28. The van der Waals surface area contributed by atoms with E-state index in [-0.39, 0.29) is 0 Å². The molecule has 2 heterocycles. The Labute approximate surface area is 84.4 Å². The van der Waals surface area contributed by atoms with E-state index in [2.05, 4.69) is 27.3 Å². The summed E-state index contributed by atoms with van der Waals surface area (Å²) in [7, 11) is 0. The summed E-state index contributed by atoms with van der Waals surface area (Å²) in [5.74, 6) is 0. The van der Waals surface area contributed by atoms with Crippen molar-refractivity contribution in [1.29, 1.82) is 0 Å². The van der Waals surface area contributed by atoms with Crippen LogP contribution in [0.25, 0.3) is 20.9 Å². The molecule has 0 spiro atoms. The molecule has 0 bridgehead atoms. The largest absolute Gasteiger partial charge is 0.260 e. The first-order valence-corrected chi connectivity index (χ1v) is 5.10. The first-order valence-electron chi connectivity index (χ1n) is 4.29. The molecule has 1 N–H and O–H groups in total. The predicted molar refractivity (Wildman–Crippen MR) is 57.2 cm³/mol. The molecule has 3 rings (SSSR count). The SMILES string of the molecule is c1ccc(-c2nc3[nH]ncc3s2)cc1. The highest BCUT2D eigenvalue weighted by molar-refractivity contribution is 7.21. The highest BCUT2D eigenvalue weighted by Gasteiger charge is 2.05. The topological polar surface area (TPSA) is 41.6 Å². The third-order valence-electron chi connectivity index (χ3n) is 2.03. The Bertz CT molecular complexity index is 524. The van der Waals surface area contributed by atoms with Gasteiger partial charge in [0.1, 0.15) is 5.01 Å². The molecule has 0 unspecified atom stereocenters. The number of benzene rings is 1. The smallest absolute Gasteiger partial charge is 0.167 e. The zero-order valence-electron chi connectivity index (χ0n) is 7.27. The van der Waals surface area contributed by atoms with E-state index in [1.165, 1.54) is 0 Å². The summed E-state index contributed by atoms with van der Waals surface area (Å²) >= 11 is 1.65. The fourth-order valence-electron chi connectivity index (χ4n) is 1.36. The number of nitrogens with one attached hydrogen (secondary N) is 1. The molecule has 3 aromatic rings. The summed E-state index contributed by atoms with van der Waals surface area (Å²) in [6, 6.07) is 10.2. The number of hydrogen-bond acceptors (Lipinski definition) is 3. The minimum absolute atomic E-state index is 0.869. The molecule has 0 fully saturated rings. The zero-order valence-corrected chi connectivity index (χ0v) is 8.08. The van der Waals surface area contributed by atoms with Gasteiger partial charge in [-0.1, -0.05) is 30.3 Å². The van der Waals surface area contributed by atoms with Crippen molar-refractivity contribution < 1.29 is 0 Å². The van der Waals surface area contributed by atoms with Crippen LogP contribution in [0, 0.1) is 0 Å². The number of aromatic nitrogens is 3. The maximum Gasteiger partial charge on any atom is 0.167 e. The minimum atomic E-state index is 0.869. The number of H-pyrrole nitrogens is 1. The third kappa shape index (κ3) is 1.12. The molecular formula is C10H7N3S. The van der Waals surface area contributed by atoms with E-state index in [1.54, 1.807) is 17.5 Å². The van der Waals surface area contributed by atoms with Gasteiger partial charge in [0.25, 0.3) is 0 Å². The second-order valence-corrected chi connectivity index (χ2v) is 4.00. The van der Waals surface area contributed by atoms with Gasteiger partial charge in [0.15, 0.2) is 5.65 Å². The zero-order chi connectivity index (χ0) is 9.38. The van der Waals surface area contributed by atoms with Crippen LogP contribution in [0.5, 0.6) is 0 Å². The van der Waals surface area contributed by atoms with Gasteiger partial charge in [0.05, 0.1) is 10.9 Å². The molecular weight excluding hydrogens is 194 g/mol. The van der Waals surface area contributed by atoms with Crippen LogP contribution >= 0.6 is 11.3 Å². The minimum Gasteiger partial charge on any atom is -0.260 e. The molecule has 0 aliphatic heterocycles. The first kappa shape index (κ1) is 7.70. The lowest BCUT2D eigenvalue weighted by Crippen LogP contribution is -1.75. The summed E-state index contributed by atoms with van der Waals surface area (Å²) in [5.41, 5.74) is 2.02. The number of thiazole rings is 1. The molecule has 14 heavy (non-hydrogen) atoms. The molecule has 4 heteroatoms. The number of hydrogen-bond donors (Lipinski definition) is 1. The Balaban J connectivity index is 2.19. The Kier molecular flexibility index (Phi) is 1.61. The van der Waals surface area contributed by atoms with Crippen LogP contribution < -0.4 is 0 Å². The van der Waals surface area contributed by atoms with Crippen molar-refractivity contribution in [2.75, 3.05) is 0 Å². The van der Waals surface area contributed by atoms with Crippen molar-refractivity contribution >= 4 is 21.7 Å². The maximum atomic E-state index is 4.44. The van der Waals surface area contributed by atoms with E-state index in [1.807, 2.05) is 18.2 Å². The summed E-state index contributed by atoms with van der Waals surface area (Å²) in [6.07, 6.45) is 1.80. The van der Waals surface area contributed by atoms with E-state index < -0.39 is 0 Å². The molecule has 3 nitrogen and oxygen atoms in total. The van der Waals surface area contributed by atoms with Crippen molar-refractivity contribution in [3.05, 3.63) is 36.5 Å². The molecule has 0 saturated heterocycles. The standard InChI is InChI=1S/C10H7N3S/c1-2-4-7(5-3-1)10-12-9-8(14-10)6-11-13-9/h1-6H,(H,11,13). The fourth-order valence-corrected chi connectivity index (χ4v) is 2.25. The molecule has 0 saturated carbocycles. The van der Waals surface area contributed by atoms with Crippen LogP contribution in [0.3, 0.4) is 0 Å². The van der Waals surface area contributed by atoms with Crippen molar-refractivity contribution in [2.24, 2.45) is 0 Å². The Hall–Kier alpha value is -1.68. The molecule has 0 atom stereocenters. The maximum absolute atomic E-state index is 4.44. The predicted octanol–water partition coefficient (Wildman–Crippen LogP) is 2.69. The Morgan fingerprint density at radius 3 is 2.79 bits per heavy atom. The average Bonchev–Trinajstić information content (AvgIpc) is 2.78. The van der Waals surface area contributed by atoms with Gasteiger partial charge in [-0.15, -0.1) is 11.3 Å². The first-order chi connectivity index (χ1) is 6.93. The lowest BCUT2D eigenvalue weighted by atomic mass is 10.2. The van der Waals surface area contributed by atoms with Gasteiger partial charge in [0.2, 0.25) is 0 Å². The van der Waals surface area contributed by atoms with Crippen LogP contribution in [0.1, 0.15) is 0 Å². The van der Waals surface area contributed by atoms with Gasteiger partial charge >= 0.3 is 0 Å². The molecule has 0 amide bonds. The average molecular weight is 201 g/mol. The van der Waals surface area contributed by atoms with Gasteiger partial charge < -0.3 is 0 Å². The van der Waals surface area contributed by atoms with E-state index in [4.69, 9.17) is 0 Å². The Morgan fingerprint density at radius 2 is 2.00 bits per heavy atom. The summed E-state index contributed by atoms with van der Waals surface area (Å²) in [4.78, 5) is 4.44. The van der Waals surface area contributed by atoms with Crippen molar-refractivity contribution in [2.45, 2.75) is 0 Å². The van der Waals surface area contributed by atoms with Crippen LogP contribution in [0.15, 0.2) is 36.5 Å². The molecule has 2 aromatic heterocycles. The molecule has 1 aromatic carbocycles. The van der Waals surface area contributed by atoms with Gasteiger partial charge in [-0.05, 0) is 0 Å². The third-order valence-corrected chi connectivity index (χ3v) is 3.07. The van der Waals surface area contributed by atoms with Gasteiger partial charge in [-0.2, -0.15) is 5.10 Å². The van der Waals surface area contributed by atoms with E-state index in [0.717, 1.165) is 20.9 Å². The molecule has 68 valence electrons. The van der Waals surface area contributed by atoms with Crippen LogP contribution in [0.2, 0.25) is 0 Å². The lowest BCUT2D eigenvalue weighted by Gasteiger charge is -1.92. The van der Waals surface area contributed by atoms with Gasteiger partial charge in [-0.3, -0.25) is 5.10 Å². The number of rotatable bonds is 1. The highest BCUT2D eigenvalue weighted by atomic mass is 32.1. The molecule has 0 aliphatic rings. The van der Waals surface area contributed by atoms with Crippen molar-refractivity contribution in [3.63, 3.8) is 0 Å². The number of aromatic amines is 1. The fraction of sp³-hybridized carbons (Fsp3) is 0. The normalized spacial score (nSPS) is 10.9. The second kappa shape index (κ2) is 2.92. The van der Waals surface area contributed by atoms with Gasteiger partial charge in [0, 0.05) is 5.56 Å². The monoisotopic (exact) mass is 201 g/mol. The molecule has 0 aliphatic carbocycles. The number of nitrogens with zero attached hydrogens (tertiary/aromatic N) is 2. The quantitative estimate of drug-likeness (QED) is 0.657. The second-order valence-electron chi connectivity index (χ2n) is 2.97. The van der Waals surface area contributed by atoms with E-state index >= 15 is 0 Å². The van der Waals surface area contributed by atoms with Crippen molar-refractivity contribution in [1.82, 2.24) is 15.2 Å². The van der Waals surface area contributed by atoms with Crippen molar-refractivity contribution in [3.8, 4) is 10.6 Å². The van der Waals surface area contributed by atoms with Gasteiger partial charge in [-0.25, -0.2) is 4.98 Å². The Morgan fingerprint density at radius 1 is 1.14 bits per heavy atom. The van der Waals surface area contributed by atoms with Crippen LogP contribution in [-0.4, -0.2) is 15.2 Å². The van der Waals surface area contributed by atoms with E-state index in [0.29, 0.717) is 0 Å². The molecule has 0 radical (unpaired) electrons. The summed E-state index contributed by atoms with van der Waals surface area (Å²) in [6.45, 7) is 0. The summed E-state index contributed by atoms with van der Waals surface area (Å²) < 4.78 is 1.10. The summed E-state index contributed by atoms with van der Waals surface area (Å²) in [5, 5.41) is 7.81.